The Hall–Kier alpha value is -7.48. The van der Waals surface area contributed by atoms with Crippen LogP contribution < -0.4 is 21.3 Å². The van der Waals surface area contributed by atoms with Crippen LogP contribution in [0.15, 0.2) is 47.6 Å². The van der Waals surface area contributed by atoms with E-state index in [9.17, 15) is 43.5 Å². The van der Waals surface area contributed by atoms with E-state index in [2.05, 4.69) is 26.4 Å². The lowest BCUT2D eigenvalue weighted by Crippen LogP contribution is -2.63. The fraction of sp³-hybridized carbons (Fsp3) is 0.718. The smallest absolute Gasteiger partial charge is 0.246 e. The van der Waals surface area contributed by atoms with Gasteiger partial charge in [0.05, 0.1) is 18.8 Å². The summed E-state index contributed by atoms with van der Waals surface area (Å²) in [7, 11) is 9.78. The van der Waals surface area contributed by atoms with Crippen LogP contribution in [-0.4, -0.2) is 246 Å². The van der Waals surface area contributed by atoms with Gasteiger partial charge in [0.1, 0.15) is 67.0 Å². The van der Waals surface area contributed by atoms with Gasteiger partial charge >= 0.3 is 0 Å². The van der Waals surface area contributed by atoms with Crippen molar-refractivity contribution < 1.29 is 67.4 Å². The van der Waals surface area contributed by atoms with Gasteiger partial charge in [-0.3, -0.25) is 52.7 Å². The minimum absolute atomic E-state index is 0.0174. The minimum Gasteiger partial charge on any atom is -0.391 e. The molecule has 0 spiro atoms. The number of unbranched alkanes of at least 4 members (excludes halogenated alkanes) is 1. The van der Waals surface area contributed by atoms with Gasteiger partial charge in [-0.25, -0.2) is 0 Å². The number of ether oxygens (including phenoxy) is 1. The van der Waals surface area contributed by atoms with E-state index in [1.54, 1.807) is 73.8 Å². The zero-order valence-electron chi connectivity index (χ0n) is 62.4. The lowest BCUT2D eigenvalue weighted by Gasteiger charge is -2.41. The summed E-state index contributed by atoms with van der Waals surface area (Å²) in [4.78, 5) is 176. The van der Waals surface area contributed by atoms with E-state index >= 15 is 14.4 Å². The highest BCUT2D eigenvalue weighted by Gasteiger charge is 2.46. The van der Waals surface area contributed by atoms with Crippen molar-refractivity contribution >= 4 is 71.2 Å². The molecule has 1 saturated heterocycles. The third kappa shape index (κ3) is 25.4. The van der Waals surface area contributed by atoms with Gasteiger partial charge in [0, 0.05) is 62.2 Å². The van der Waals surface area contributed by atoms with Crippen LogP contribution in [0.4, 0.5) is 0 Å². The Morgan fingerprint density at radius 3 is 1.59 bits per heavy atom. The summed E-state index contributed by atoms with van der Waals surface area (Å²) >= 11 is 0. The van der Waals surface area contributed by atoms with E-state index in [0.717, 1.165) is 20.3 Å². The Morgan fingerprint density at radius 2 is 1.06 bits per heavy atom. The Labute approximate surface area is 578 Å². The summed E-state index contributed by atoms with van der Waals surface area (Å²) in [5, 5.41) is 27.2. The van der Waals surface area contributed by atoms with Gasteiger partial charge in [0.2, 0.25) is 65.0 Å². The molecule has 11 amide bonds. The van der Waals surface area contributed by atoms with Gasteiger partial charge < -0.3 is 70.2 Å². The summed E-state index contributed by atoms with van der Waals surface area (Å²) in [5.74, 6) is -10.3. The van der Waals surface area contributed by atoms with E-state index < -0.39 is 162 Å². The second-order valence-corrected chi connectivity index (χ2v) is 28.2. The van der Waals surface area contributed by atoms with Crippen molar-refractivity contribution in [2.75, 3.05) is 62.5 Å². The lowest BCUT2D eigenvalue weighted by molar-refractivity contribution is -0.157. The van der Waals surface area contributed by atoms with Crippen molar-refractivity contribution in [1.29, 1.82) is 0 Å². The van der Waals surface area contributed by atoms with E-state index in [1.807, 2.05) is 71.9 Å². The second-order valence-electron chi connectivity index (χ2n) is 28.2. The number of aliphatic hydroxyl groups is 1. The molecule has 1 heterocycles. The Kier molecular flexibility index (Phi) is 36.2. The van der Waals surface area contributed by atoms with E-state index in [4.69, 9.17) is 9.57 Å². The van der Waals surface area contributed by atoms with Crippen molar-refractivity contribution in [3.63, 3.8) is 0 Å². The number of hydrogen-bond acceptors (Lipinski definition) is 15. The fourth-order valence-corrected chi connectivity index (χ4v) is 11.8. The molecule has 0 radical (unpaired) electrons. The van der Waals surface area contributed by atoms with Crippen LogP contribution in [-0.2, 0) is 68.9 Å². The maximum Gasteiger partial charge on any atom is 0.246 e. The average Bonchev–Trinajstić information content (AvgIpc) is 0.808. The van der Waals surface area contributed by atoms with Gasteiger partial charge in [-0.2, -0.15) is 0 Å². The Morgan fingerprint density at radius 1 is 0.557 bits per heavy atom. The monoisotopic (exact) mass is 1360 g/mol. The molecule has 0 bridgehead atoms. The van der Waals surface area contributed by atoms with Crippen LogP contribution in [0.25, 0.3) is 0 Å². The molecule has 5 N–H and O–H groups in total. The molecule has 97 heavy (non-hydrogen) atoms. The number of hydrogen-bond donors (Lipinski definition) is 5. The molecule has 1 fully saturated rings. The van der Waals surface area contributed by atoms with Crippen molar-refractivity contribution in [3.05, 3.63) is 48.0 Å². The van der Waals surface area contributed by atoms with E-state index in [0.29, 0.717) is 12.8 Å². The summed E-state index contributed by atoms with van der Waals surface area (Å²) < 4.78 is 6.25. The highest BCUT2D eigenvalue weighted by molar-refractivity contribution is 5.99. The summed E-state index contributed by atoms with van der Waals surface area (Å²) in [6.45, 7) is 27.3. The number of amides is 11. The number of carbonyl (C=O) groups is 11. The first-order chi connectivity index (χ1) is 45.3. The zero-order valence-corrected chi connectivity index (χ0v) is 62.4. The molecule has 1 aliphatic heterocycles. The molecule has 13 atom stereocenters. The molecule has 0 unspecified atom stereocenters. The first kappa shape index (κ1) is 85.6. The Bertz CT molecular complexity index is 2820. The molecular formula is C71H120N12O14. The lowest BCUT2D eigenvalue weighted by atomic mass is 9.91. The molecule has 1 aromatic rings. The van der Waals surface area contributed by atoms with Crippen LogP contribution in [0.5, 0.6) is 0 Å². The van der Waals surface area contributed by atoms with Crippen molar-refractivity contribution in [1.82, 2.24) is 55.6 Å². The van der Waals surface area contributed by atoms with Gasteiger partial charge in [-0.1, -0.05) is 131 Å². The summed E-state index contributed by atoms with van der Waals surface area (Å²) in [5.41, 5.74) is 0.937. The van der Waals surface area contributed by atoms with Gasteiger partial charge in [-0.05, 0) is 114 Å². The van der Waals surface area contributed by atoms with Crippen LogP contribution in [0.1, 0.15) is 161 Å². The molecular weight excluding hydrogens is 1240 g/mol. The number of rotatable bonds is 22. The van der Waals surface area contributed by atoms with Crippen molar-refractivity contribution in [3.8, 4) is 0 Å². The molecule has 2 rings (SSSR count). The normalized spacial score (nSPS) is 25.3. The standard InChI is InChI=1S/C71H120N12O14/c1-24-26-32-47(13)61(85)60-65(89)75-52(25-2)67(91)77(17)40-56(84)81(21)59(50(16)96-36-31-30-35-72-97-41-51-33-28-27-29-34-51)64(88)76-57(45(9)10)70(94)78(18)53(37-42(3)4)63(87)73-48(14)62(86)74-49(15)66(90)79(19)54(38-43(5)6)68(92)80(20)55(39-44(7)8)69(93)82(22)58(46(11)12)71(95)83(60)23/h24,26-29,33-35,42-50,52-55,57-61,85H,25,30-32,36-41H2,1-23H3,(H,73,87)(H,74,86)(H,75,89)(H,76,88)/t47-,48+,49-,50-,52+,53+,54+,55+,57+,58+,59+,60+,61-/m1/s1. The van der Waals surface area contributed by atoms with E-state index in [1.165, 1.54) is 82.8 Å². The third-order valence-corrected chi connectivity index (χ3v) is 17.8. The maximum atomic E-state index is 15.3. The van der Waals surface area contributed by atoms with Gasteiger partial charge in [0.25, 0.3) is 0 Å². The first-order valence-electron chi connectivity index (χ1n) is 34.4. The molecule has 1 aromatic carbocycles. The molecule has 0 aromatic heterocycles. The third-order valence-electron chi connectivity index (χ3n) is 17.8. The van der Waals surface area contributed by atoms with Crippen LogP contribution in [0.2, 0.25) is 0 Å². The predicted molar refractivity (Wildman–Crippen MR) is 373 cm³/mol. The summed E-state index contributed by atoms with van der Waals surface area (Å²) in [6, 6.07) is -3.51. The zero-order chi connectivity index (χ0) is 74.0. The predicted octanol–water partition coefficient (Wildman–Crippen LogP) is 4.61. The molecule has 26 nitrogen and oxygen atoms in total. The number of nitrogens with one attached hydrogen (secondary N) is 4. The van der Waals surface area contributed by atoms with Crippen molar-refractivity contribution in [2.24, 2.45) is 40.7 Å². The maximum absolute atomic E-state index is 15.3. The number of aliphatic hydroxyl groups excluding tert-OH is 1. The molecule has 548 valence electrons. The average molecular weight is 1370 g/mol. The number of nitrogens with zero attached hydrogens (tertiary/aromatic N) is 8. The van der Waals surface area contributed by atoms with Crippen LogP contribution in [0.3, 0.4) is 0 Å². The molecule has 0 saturated carbocycles. The molecule has 0 aliphatic carbocycles. The van der Waals surface area contributed by atoms with Crippen molar-refractivity contribution in [2.45, 2.75) is 235 Å². The number of benzene rings is 1. The van der Waals surface area contributed by atoms with Gasteiger partial charge in [-0.15, -0.1) is 0 Å². The highest BCUT2D eigenvalue weighted by Crippen LogP contribution is 2.26. The fourth-order valence-electron chi connectivity index (χ4n) is 11.8. The largest absolute Gasteiger partial charge is 0.391 e. The number of oxime groups is 1. The van der Waals surface area contributed by atoms with Crippen LogP contribution in [0, 0.1) is 35.5 Å². The van der Waals surface area contributed by atoms with Crippen LogP contribution >= 0.6 is 0 Å². The second kappa shape index (κ2) is 41.1. The number of likely N-dealkylation sites (N-methyl/N-ethyl adjacent to an activating group) is 7. The minimum atomic E-state index is -1.65. The van der Waals surface area contributed by atoms with E-state index in [-0.39, 0.29) is 63.1 Å². The SMILES string of the molecule is CC=CC[C@@H](C)[C@@H](O)[C@H]1C(=O)N[C@@H](CC)C(=O)N(C)CC(=O)N(C)[C@@H]([C@@H](C)OCCCC=NOCc2ccccc2)C(=O)N[C@@H](C(C)C)C(=O)N(C)[C@@H](CC(C)C)C(=O)N[C@@H](C)C(=O)N[C@H](C)C(=O)N(C)[C@@H](CC(C)C)C(=O)N(C)[C@@H](CC(C)C)C(=O)N(C)[C@@H](C(C)C)C(=O)N1C. The highest BCUT2D eigenvalue weighted by atomic mass is 16.6. The first-order valence-corrected chi connectivity index (χ1v) is 34.4. The number of allylic oxidation sites excluding steroid dienone is 2. The topological polar surface area (TPSA) is 310 Å². The molecule has 26 heteroatoms. The number of carbonyl (C=O) groups excluding carboxylic acids is 11. The molecule has 1 aliphatic rings. The Balaban J connectivity index is 2.95. The quantitative estimate of drug-likeness (QED) is 0.0459. The summed E-state index contributed by atoms with van der Waals surface area (Å²) in [6.07, 6.45) is 4.10. The van der Waals surface area contributed by atoms with Gasteiger partial charge in [0.15, 0.2) is 0 Å².